The van der Waals surface area contributed by atoms with Gasteiger partial charge in [-0.2, -0.15) is 0 Å². The van der Waals surface area contributed by atoms with Crippen molar-refractivity contribution in [2.24, 2.45) is 0 Å². The molecule has 3 aromatic carbocycles. The van der Waals surface area contributed by atoms with Crippen LogP contribution in [0.25, 0.3) is 33.8 Å². The fourth-order valence-corrected chi connectivity index (χ4v) is 7.16. The second kappa shape index (κ2) is 23.3. The van der Waals surface area contributed by atoms with E-state index < -0.39 is 34.2 Å². The highest BCUT2D eigenvalue weighted by Crippen LogP contribution is 2.36. The van der Waals surface area contributed by atoms with E-state index in [1.54, 1.807) is 13.7 Å². The topological polar surface area (TPSA) is 206 Å². The molecule has 0 aliphatic carbocycles. The normalized spacial score (nSPS) is 15.3. The van der Waals surface area contributed by atoms with Crippen LogP contribution in [0.3, 0.4) is 0 Å². The predicted octanol–water partition coefficient (Wildman–Crippen LogP) is 9.58. The highest BCUT2D eigenvalue weighted by atomic mass is 16.5. The Bertz CT molecular complexity index is 2550. The Morgan fingerprint density at radius 2 is 0.667 bits per heavy atom. The van der Waals surface area contributed by atoms with Gasteiger partial charge in [0.05, 0.1) is 35.2 Å². The van der Waals surface area contributed by atoms with Gasteiger partial charge in [0, 0.05) is 53.5 Å². The fraction of sp³-hybridized carbons (Fsp3) is 0.294. The van der Waals surface area contributed by atoms with Crippen molar-refractivity contribution in [3.63, 3.8) is 0 Å². The third-order valence-electron chi connectivity index (χ3n) is 10.3. The van der Waals surface area contributed by atoms with Gasteiger partial charge in [-0.3, -0.25) is 14.4 Å². The lowest BCUT2D eigenvalue weighted by Crippen LogP contribution is -2.21. The van der Waals surface area contributed by atoms with Gasteiger partial charge in [0.1, 0.15) is 53.8 Å². The van der Waals surface area contributed by atoms with Crippen molar-refractivity contribution in [2.45, 2.75) is 80.4 Å². The van der Waals surface area contributed by atoms with Crippen LogP contribution in [0.1, 0.15) is 112 Å². The minimum absolute atomic E-state index is 0.0592. The number of para-hydroxylation sites is 3. The summed E-state index contributed by atoms with van der Waals surface area (Å²) in [5.74, 6) is -1.53. The van der Waals surface area contributed by atoms with Crippen molar-refractivity contribution in [3.8, 4) is 51.0 Å². The van der Waals surface area contributed by atoms with Crippen molar-refractivity contribution in [1.29, 1.82) is 0 Å². The largest absolute Gasteiger partial charge is 0.491 e. The fourth-order valence-electron chi connectivity index (χ4n) is 7.16. The Balaban J connectivity index is 0.000000204. The molecule has 6 heterocycles. The zero-order valence-corrected chi connectivity index (χ0v) is 38.6. The Morgan fingerprint density at radius 3 is 0.894 bits per heavy atom. The summed E-state index contributed by atoms with van der Waals surface area (Å²) in [5.41, 5.74) is 2.29. The monoisotopic (exact) mass is 903 g/mol. The third-order valence-corrected chi connectivity index (χ3v) is 10.3. The first-order chi connectivity index (χ1) is 31.7. The van der Waals surface area contributed by atoms with Crippen molar-refractivity contribution in [3.05, 3.63) is 157 Å². The van der Waals surface area contributed by atoms with Gasteiger partial charge in [-0.1, -0.05) is 77.9 Å². The summed E-state index contributed by atoms with van der Waals surface area (Å²) in [5, 5.41) is 27.2. The molecule has 0 fully saturated rings. The Kier molecular flexibility index (Phi) is 18.0. The van der Waals surface area contributed by atoms with Crippen LogP contribution in [0.15, 0.2) is 124 Å². The van der Waals surface area contributed by atoms with Crippen molar-refractivity contribution >= 4 is 17.9 Å². The van der Waals surface area contributed by atoms with Crippen LogP contribution in [0.2, 0.25) is 0 Å². The Morgan fingerprint density at radius 1 is 0.439 bits per heavy atom. The van der Waals surface area contributed by atoms with Crippen molar-refractivity contribution < 1.29 is 43.9 Å². The number of pyridine rings is 3. The molecule has 1 unspecified atom stereocenters. The standard InChI is InChI=1S/3C15H13NO4.3C2H6/c3*1-9-8-20-14-5-3-2-4-10(14)12-6-13(17)11(15(18)19)7-16(9)12;3*1-2/h3*2-7,9H,8H2,1H3,(H,18,19);3*1-2H3/t2*9-;;;;/m10..../s1. The number of ether oxygens (including phenoxy) is 3. The maximum atomic E-state index is 11.9. The lowest BCUT2D eigenvalue weighted by Gasteiger charge is -2.16. The average Bonchev–Trinajstić information content (AvgIpc) is 3.63. The van der Waals surface area contributed by atoms with E-state index in [0.717, 1.165) is 16.7 Å². The smallest absolute Gasteiger partial charge is 0.341 e. The number of hydrogen-bond donors (Lipinski definition) is 3. The van der Waals surface area contributed by atoms with Crippen LogP contribution in [0, 0.1) is 0 Å². The lowest BCUT2D eigenvalue weighted by atomic mass is 10.1. The average molecular weight is 904 g/mol. The Labute approximate surface area is 382 Å². The van der Waals surface area contributed by atoms with E-state index in [2.05, 4.69) is 0 Å². The van der Waals surface area contributed by atoms with E-state index in [-0.39, 0.29) is 34.8 Å². The van der Waals surface area contributed by atoms with E-state index >= 15 is 0 Å². The number of nitrogens with zero attached hydrogens (tertiary/aromatic N) is 3. The van der Waals surface area contributed by atoms with Crippen LogP contribution in [-0.4, -0.2) is 66.7 Å². The van der Waals surface area contributed by atoms with E-state index in [1.165, 1.54) is 36.8 Å². The molecule has 6 aromatic rings. The molecule has 66 heavy (non-hydrogen) atoms. The molecule has 15 heteroatoms. The quantitative estimate of drug-likeness (QED) is 0.152. The van der Waals surface area contributed by atoms with Crippen molar-refractivity contribution in [1.82, 2.24) is 13.7 Å². The number of carbonyl (C=O) groups is 3. The molecule has 0 spiro atoms. The van der Waals surface area contributed by atoms with Gasteiger partial charge in [-0.05, 0) is 57.2 Å². The molecule has 0 radical (unpaired) electrons. The maximum Gasteiger partial charge on any atom is 0.341 e. The summed E-state index contributed by atoms with van der Waals surface area (Å²) in [6.07, 6.45) is 4.20. The zero-order chi connectivity index (χ0) is 48.8. The molecule has 3 aliphatic heterocycles. The number of benzene rings is 3. The number of fused-ring (bicyclic) bond motifs is 9. The van der Waals surface area contributed by atoms with Gasteiger partial charge in [-0.15, -0.1) is 0 Å². The van der Waals surface area contributed by atoms with Gasteiger partial charge in [0.25, 0.3) is 0 Å². The highest BCUT2D eigenvalue weighted by Gasteiger charge is 2.25. The molecule has 9 rings (SSSR count). The molecule has 348 valence electrons. The molecule has 15 nitrogen and oxygen atoms in total. The first-order valence-electron chi connectivity index (χ1n) is 21.9. The first kappa shape index (κ1) is 51.0. The molecule has 3 aliphatic rings. The zero-order valence-electron chi connectivity index (χ0n) is 38.6. The number of aromatic carboxylic acids is 3. The van der Waals surface area contributed by atoms with Gasteiger partial charge in [0.15, 0.2) is 16.3 Å². The minimum atomic E-state index is -1.21. The van der Waals surface area contributed by atoms with Gasteiger partial charge < -0.3 is 43.2 Å². The highest BCUT2D eigenvalue weighted by molar-refractivity contribution is 5.89. The molecule has 0 saturated heterocycles. The van der Waals surface area contributed by atoms with Gasteiger partial charge in [-0.25, -0.2) is 14.4 Å². The molecular formula is C51H57N3O12. The van der Waals surface area contributed by atoms with Crippen LogP contribution in [-0.2, 0) is 0 Å². The van der Waals surface area contributed by atoms with E-state index in [1.807, 2.05) is 135 Å². The molecule has 0 bridgehead atoms. The number of carboxylic acid groups (broad SMARTS) is 3. The summed E-state index contributed by atoms with van der Waals surface area (Å²) >= 11 is 0. The van der Waals surface area contributed by atoms with Crippen LogP contribution < -0.4 is 30.5 Å². The molecule has 0 saturated carbocycles. The first-order valence-corrected chi connectivity index (χ1v) is 21.9. The summed E-state index contributed by atoms with van der Waals surface area (Å²) < 4.78 is 22.5. The molecular weight excluding hydrogens is 847 g/mol. The Hall–Kier alpha value is -7.68. The summed E-state index contributed by atoms with van der Waals surface area (Å²) in [6.45, 7) is 19.0. The second-order valence-electron chi connectivity index (χ2n) is 14.4. The third kappa shape index (κ3) is 11.2. The van der Waals surface area contributed by atoms with E-state index in [9.17, 15) is 28.8 Å². The van der Waals surface area contributed by atoms with Crippen LogP contribution in [0.4, 0.5) is 0 Å². The summed E-state index contributed by atoms with van der Waals surface area (Å²) in [7, 11) is 0. The lowest BCUT2D eigenvalue weighted by molar-refractivity contribution is 0.0683. The number of rotatable bonds is 3. The molecule has 0 amide bonds. The molecule has 3 aromatic heterocycles. The van der Waals surface area contributed by atoms with Crippen molar-refractivity contribution in [2.75, 3.05) is 19.8 Å². The predicted molar refractivity (Wildman–Crippen MR) is 254 cm³/mol. The number of aromatic nitrogens is 3. The summed E-state index contributed by atoms with van der Waals surface area (Å²) in [4.78, 5) is 69.1. The van der Waals surface area contributed by atoms with Crippen LogP contribution >= 0.6 is 0 Å². The molecule has 3 atom stereocenters. The minimum Gasteiger partial charge on any atom is -0.491 e. The maximum absolute atomic E-state index is 11.9. The summed E-state index contributed by atoms with van der Waals surface area (Å²) in [6, 6.07) is 26.2. The second-order valence-corrected chi connectivity index (χ2v) is 14.4. The van der Waals surface area contributed by atoms with Gasteiger partial charge >= 0.3 is 17.9 Å². The SMILES string of the molecule is CC.CC.CC.CC1COc2ccccc2-c2cc(=O)c(C(=O)O)cn21.C[C@@H]1COc2ccccc2-c2cc(=O)c(C(=O)O)cn21.C[C@H]1COc2ccccc2-c2cc(=O)c(C(=O)O)cn21. The van der Waals surface area contributed by atoms with E-state index in [4.69, 9.17) is 29.5 Å². The van der Waals surface area contributed by atoms with Gasteiger partial charge in [0.2, 0.25) is 0 Å². The molecule has 3 N–H and O–H groups in total. The van der Waals surface area contributed by atoms with E-state index in [0.29, 0.717) is 54.2 Å². The van der Waals surface area contributed by atoms with Crippen LogP contribution in [0.5, 0.6) is 17.2 Å². The number of carboxylic acids is 3. The number of hydrogen-bond acceptors (Lipinski definition) is 9.